The maximum atomic E-state index is 12.5. The minimum atomic E-state index is -3.54. The van der Waals surface area contributed by atoms with Crippen LogP contribution in [0.3, 0.4) is 0 Å². The fourth-order valence-corrected chi connectivity index (χ4v) is 4.03. The summed E-state index contributed by atoms with van der Waals surface area (Å²) in [5.74, 6) is 1.41. The van der Waals surface area contributed by atoms with Gasteiger partial charge in [-0.3, -0.25) is 0 Å². The number of rotatable bonds is 4. The highest BCUT2D eigenvalue weighted by Crippen LogP contribution is 2.32. The Morgan fingerprint density at radius 3 is 2.76 bits per heavy atom. The monoisotopic (exact) mass is 312 g/mol. The number of ether oxygens (including phenoxy) is 2. The first kappa shape index (κ1) is 14.6. The van der Waals surface area contributed by atoms with E-state index in [2.05, 4.69) is 10.0 Å². The molecule has 0 amide bonds. The quantitative estimate of drug-likeness (QED) is 0.857. The molecule has 1 aromatic carbocycles. The molecule has 2 heterocycles. The molecule has 1 saturated heterocycles. The minimum Gasteiger partial charge on any atom is -0.486 e. The van der Waals surface area contributed by atoms with Gasteiger partial charge in [0.25, 0.3) is 0 Å². The Kier molecular flexibility index (Phi) is 4.05. The van der Waals surface area contributed by atoms with E-state index in [0.29, 0.717) is 30.6 Å². The van der Waals surface area contributed by atoms with Crippen molar-refractivity contribution in [3.8, 4) is 11.5 Å². The van der Waals surface area contributed by atoms with Crippen molar-refractivity contribution in [2.24, 2.45) is 5.92 Å². The molecule has 0 saturated carbocycles. The molecule has 2 atom stereocenters. The topological polar surface area (TPSA) is 76.7 Å². The minimum absolute atomic E-state index is 0.0989. The first-order chi connectivity index (χ1) is 10.1. The SMILES string of the molecule is CC(NS(=O)(=O)c1ccc2c(c1)OCCO2)C1CCNC1. The number of nitrogens with one attached hydrogen (secondary N) is 2. The molecule has 0 aromatic heterocycles. The highest BCUT2D eigenvalue weighted by Gasteiger charge is 2.27. The molecule has 21 heavy (non-hydrogen) atoms. The van der Waals surface area contributed by atoms with Crippen LogP contribution in [0.25, 0.3) is 0 Å². The van der Waals surface area contributed by atoms with Crippen molar-refractivity contribution in [2.45, 2.75) is 24.3 Å². The van der Waals surface area contributed by atoms with Gasteiger partial charge < -0.3 is 14.8 Å². The Balaban J connectivity index is 1.77. The summed E-state index contributed by atoms with van der Waals surface area (Å²) in [6.07, 6.45) is 0.991. The van der Waals surface area contributed by atoms with Crippen LogP contribution in [-0.4, -0.2) is 40.8 Å². The van der Waals surface area contributed by atoms with Gasteiger partial charge in [0, 0.05) is 12.1 Å². The zero-order chi connectivity index (χ0) is 14.9. The molecule has 1 fully saturated rings. The lowest BCUT2D eigenvalue weighted by Gasteiger charge is -2.21. The summed E-state index contributed by atoms with van der Waals surface area (Å²) in [5.41, 5.74) is 0. The number of sulfonamides is 1. The normalized spacial score (nSPS) is 23.0. The maximum Gasteiger partial charge on any atom is 0.240 e. The molecular formula is C14H20N2O4S. The second-order valence-electron chi connectivity index (χ2n) is 5.47. The maximum absolute atomic E-state index is 12.5. The molecule has 1 aromatic rings. The first-order valence-corrected chi connectivity index (χ1v) is 8.67. The Bertz CT molecular complexity index is 611. The zero-order valence-corrected chi connectivity index (χ0v) is 12.8. The molecule has 116 valence electrons. The molecule has 3 rings (SSSR count). The van der Waals surface area contributed by atoms with Gasteiger partial charge in [0.2, 0.25) is 10.0 Å². The van der Waals surface area contributed by atoms with Crippen LogP contribution in [0.4, 0.5) is 0 Å². The van der Waals surface area contributed by atoms with E-state index in [1.54, 1.807) is 12.1 Å². The van der Waals surface area contributed by atoms with E-state index in [9.17, 15) is 8.42 Å². The molecule has 0 bridgehead atoms. The van der Waals surface area contributed by atoms with Crippen LogP contribution < -0.4 is 19.5 Å². The van der Waals surface area contributed by atoms with Crippen molar-refractivity contribution in [3.63, 3.8) is 0 Å². The van der Waals surface area contributed by atoms with Gasteiger partial charge in [0.1, 0.15) is 13.2 Å². The molecule has 0 radical (unpaired) electrons. The van der Waals surface area contributed by atoms with Gasteiger partial charge in [0.05, 0.1) is 4.90 Å². The van der Waals surface area contributed by atoms with Gasteiger partial charge in [-0.1, -0.05) is 0 Å². The highest BCUT2D eigenvalue weighted by molar-refractivity contribution is 7.89. The molecule has 0 aliphatic carbocycles. The standard InChI is InChI=1S/C14H20N2O4S/c1-10(11-4-5-15-9-11)16-21(17,18)12-2-3-13-14(8-12)20-7-6-19-13/h2-3,8,10-11,15-16H,4-7,9H2,1H3. The van der Waals surface area contributed by atoms with Gasteiger partial charge in [-0.25, -0.2) is 13.1 Å². The van der Waals surface area contributed by atoms with Gasteiger partial charge >= 0.3 is 0 Å². The number of benzene rings is 1. The predicted octanol–water partition coefficient (Wildman–Crippen LogP) is 0.734. The van der Waals surface area contributed by atoms with Gasteiger partial charge in [-0.2, -0.15) is 0 Å². The Morgan fingerprint density at radius 2 is 2.05 bits per heavy atom. The van der Waals surface area contributed by atoms with Crippen LogP contribution in [0.5, 0.6) is 11.5 Å². The van der Waals surface area contributed by atoms with Crippen LogP contribution in [0.1, 0.15) is 13.3 Å². The van der Waals surface area contributed by atoms with Crippen molar-refractivity contribution in [3.05, 3.63) is 18.2 Å². The molecule has 2 unspecified atom stereocenters. The summed E-state index contributed by atoms with van der Waals surface area (Å²) in [7, 11) is -3.54. The molecule has 6 nitrogen and oxygen atoms in total. The third-order valence-corrected chi connectivity index (χ3v) is 5.53. The Hall–Kier alpha value is -1.31. The van der Waals surface area contributed by atoms with Crippen LogP contribution in [0.15, 0.2) is 23.1 Å². The van der Waals surface area contributed by atoms with Crippen LogP contribution in [-0.2, 0) is 10.0 Å². The van der Waals surface area contributed by atoms with Crippen molar-refractivity contribution in [2.75, 3.05) is 26.3 Å². The van der Waals surface area contributed by atoms with E-state index in [1.165, 1.54) is 6.07 Å². The fraction of sp³-hybridized carbons (Fsp3) is 0.571. The van der Waals surface area contributed by atoms with Crippen molar-refractivity contribution in [1.82, 2.24) is 10.0 Å². The van der Waals surface area contributed by atoms with Crippen LogP contribution >= 0.6 is 0 Å². The average molecular weight is 312 g/mol. The fourth-order valence-electron chi connectivity index (χ4n) is 2.70. The molecule has 2 N–H and O–H groups in total. The second kappa shape index (κ2) is 5.82. The summed E-state index contributed by atoms with van der Waals surface area (Å²) in [6, 6.07) is 4.62. The lowest BCUT2D eigenvalue weighted by molar-refractivity contribution is 0.171. The molecular weight excluding hydrogens is 292 g/mol. The first-order valence-electron chi connectivity index (χ1n) is 7.19. The van der Waals surface area contributed by atoms with E-state index in [1.807, 2.05) is 6.92 Å². The zero-order valence-electron chi connectivity index (χ0n) is 12.0. The summed E-state index contributed by atoms with van der Waals surface area (Å²) in [4.78, 5) is 0.213. The van der Waals surface area contributed by atoms with Crippen LogP contribution in [0.2, 0.25) is 0 Å². The summed E-state index contributed by atoms with van der Waals surface area (Å²) in [6.45, 7) is 4.63. The largest absolute Gasteiger partial charge is 0.486 e. The number of fused-ring (bicyclic) bond motifs is 1. The predicted molar refractivity (Wildman–Crippen MR) is 78.2 cm³/mol. The highest BCUT2D eigenvalue weighted by atomic mass is 32.2. The number of hydrogen-bond donors (Lipinski definition) is 2. The van der Waals surface area contributed by atoms with E-state index in [0.717, 1.165) is 19.5 Å². The van der Waals surface area contributed by atoms with Crippen LogP contribution in [0, 0.1) is 5.92 Å². The van der Waals surface area contributed by atoms with Crippen molar-refractivity contribution < 1.29 is 17.9 Å². The van der Waals surface area contributed by atoms with Gasteiger partial charge in [-0.05, 0) is 44.5 Å². The molecule has 0 spiro atoms. The van der Waals surface area contributed by atoms with E-state index >= 15 is 0 Å². The molecule has 2 aliphatic rings. The van der Waals surface area contributed by atoms with Gasteiger partial charge in [-0.15, -0.1) is 0 Å². The Morgan fingerprint density at radius 1 is 1.29 bits per heavy atom. The average Bonchev–Trinajstić information content (AvgIpc) is 3.00. The van der Waals surface area contributed by atoms with E-state index in [-0.39, 0.29) is 10.9 Å². The third kappa shape index (κ3) is 3.14. The molecule has 7 heteroatoms. The smallest absolute Gasteiger partial charge is 0.240 e. The van der Waals surface area contributed by atoms with E-state index in [4.69, 9.17) is 9.47 Å². The lowest BCUT2D eigenvalue weighted by Crippen LogP contribution is -2.38. The lowest BCUT2D eigenvalue weighted by atomic mass is 10.0. The summed E-state index contributed by atoms with van der Waals surface area (Å²) >= 11 is 0. The molecule has 2 aliphatic heterocycles. The van der Waals surface area contributed by atoms with E-state index < -0.39 is 10.0 Å². The number of hydrogen-bond acceptors (Lipinski definition) is 5. The second-order valence-corrected chi connectivity index (χ2v) is 7.18. The van der Waals surface area contributed by atoms with Crippen molar-refractivity contribution in [1.29, 1.82) is 0 Å². The summed E-state index contributed by atoms with van der Waals surface area (Å²) in [5, 5.41) is 3.25. The van der Waals surface area contributed by atoms with Crippen molar-refractivity contribution >= 4 is 10.0 Å². The third-order valence-electron chi connectivity index (χ3n) is 3.97. The summed E-state index contributed by atoms with van der Waals surface area (Å²) < 4.78 is 38.5. The van der Waals surface area contributed by atoms with Gasteiger partial charge in [0.15, 0.2) is 11.5 Å². The Labute approximate surface area is 124 Å².